The highest BCUT2D eigenvalue weighted by Gasteiger charge is 2.31. The first-order valence-electron chi connectivity index (χ1n) is 7.22. The quantitative estimate of drug-likeness (QED) is 0.882. The molecule has 1 aliphatic carbocycles. The molecule has 0 bridgehead atoms. The maximum absolute atomic E-state index is 12.2. The van der Waals surface area contributed by atoms with Gasteiger partial charge in [-0.1, -0.05) is 41.3 Å². The number of aryl methyl sites for hydroxylation is 1. The van der Waals surface area contributed by atoms with Crippen molar-refractivity contribution in [2.75, 3.05) is 13.2 Å². The zero-order chi connectivity index (χ0) is 14.6. The van der Waals surface area contributed by atoms with E-state index in [4.69, 9.17) is 0 Å². The highest BCUT2D eigenvalue weighted by atomic mass is 79.9. The number of hydrogen-bond donors (Lipinski definition) is 2. The van der Waals surface area contributed by atoms with Crippen molar-refractivity contribution in [2.24, 2.45) is 5.41 Å². The molecule has 1 aromatic rings. The van der Waals surface area contributed by atoms with Crippen LogP contribution in [0.2, 0.25) is 0 Å². The number of nitrogens with one attached hydrogen (secondary N) is 1. The topological polar surface area (TPSA) is 49.3 Å². The Labute approximate surface area is 128 Å². The van der Waals surface area contributed by atoms with Gasteiger partial charge in [-0.2, -0.15) is 0 Å². The van der Waals surface area contributed by atoms with E-state index in [2.05, 4.69) is 21.2 Å². The smallest absolute Gasteiger partial charge is 0.251 e. The van der Waals surface area contributed by atoms with Gasteiger partial charge in [0.05, 0.1) is 6.61 Å². The first-order chi connectivity index (χ1) is 9.56. The Morgan fingerprint density at radius 2 is 2.05 bits per heavy atom. The van der Waals surface area contributed by atoms with Crippen LogP contribution in [0.3, 0.4) is 0 Å². The summed E-state index contributed by atoms with van der Waals surface area (Å²) in [5.74, 6) is -0.0656. The molecule has 0 radical (unpaired) electrons. The van der Waals surface area contributed by atoms with Gasteiger partial charge in [0.25, 0.3) is 5.91 Å². The lowest BCUT2D eigenvalue weighted by molar-refractivity contribution is 0.0718. The molecule has 0 spiro atoms. The summed E-state index contributed by atoms with van der Waals surface area (Å²) in [5, 5.41) is 12.6. The number of aliphatic hydroxyl groups is 1. The number of benzene rings is 1. The number of aliphatic hydroxyl groups excluding tert-OH is 1. The number of carbonyl (C=O) groups is 1. The van der Waals surface area contributed by atoms with E-state index >= 15 is 0 Å². The molecule has 1 aromatic carbocycles. The summed E-state index contributed by atoms with van der Waals surface area (Å²) in [6.45, 7) is 2.72. The molecular formula is C16H22BrNO2. The number of hydrogen-bond acceptors (Lipinski definition) is 2. The molecule has 0 aromatic heterocycles. The second-order valence-corrected chi connectivity index (χ2v) is 6.72. The van der Waals surface area contributed by atoms with E-state index in [1.165, 1.54) is 6.42 Å². The number of carbonyl (C=O) groups excluding carboxylic acids is 1. The molecule has 2 N–H and O–H groups in total. The molecular weight excluding hydrogens is 318 g/mol. The van der Waals surface area contributed by atoms with Gasteiger partial charge in [0, 0.05) is 22.0 Å². The highest BCUT2D eigenvalue weighted by Crippen LogP contribution is 2.35. The first kappa shape index (κ1) is 15.5. The third kappa shape index (κ3) is 3.61. The molecule has 3 nitrogen and oxygen atoms in total. The van der Waals surface area contributed by atoms with Crippen molar-refractivity contribution in [3.05, 3.63) is 33.8 Å². The van der Waals surface area contributed by atoms with Crippen molar-refractivity contribution in [3.8, 4) is 0 Å². The summed E-state index contributed by atoms with van der Waals surface area (Å²) in [6, 6.07) is 5.61. The summed E-state index contributed by atoms with van der Waals surface area (Å²) < 4.78 is 0.944. The van der Waals surface area contributed by atoms with Crippen molar-refractivity contribution in [1.82, 2.24) is 5.32 Å². The second-order valence-electron chi connectivity index (χ2n) is 5.87. The van der Waals surface area contributed by atoms with Crippen LogP contribution in [-0.4, -0.2) is 24.2 Å². The minimum atomic E-state index is -0.115. The number of amides is 1. The minimum Gasteiger partial charge on any atom is -0.396 e. The minimum absolute atomic E-state index is 0.0656. The van der Waals surface area contributed by atoms with Crippen molar-refractivity contribution in [2.45, 2.75) is 39.0 Å². The average Bonchev–Trinajstić information content (AvgIpc) is 2.48. The van der Waals surface area contributed by atoms with Crippen LogP contribution in [-0.2, 0) is 0 Å². The van der Waals surface area contributed by atoms with Gasteiger partial charge in [0.2, 0.25) is 0 Å². The van der Waals surface area contributed by atoms with E-state index in [1.807, 2.05) is 25.1 Å². The highest BCUT2D eigenvalue weighted by molar-refractivity contribution is 9.10. The van der Waals surface area contributed by atoms with Crippen molar-refractivity contribution in [3.63, 3.8) is 0 Å². The third-order valence-electron chi connectivity index (χ3n) is 4.31. The number of rotatable bonds is 4. The SMILES string of the molecule is Cc1ccc(C(=O)NCC2(CO)CCCCC2)cc1Br. The van der Waals surface area contributed by atoms with Gasteiger partial charge in [0.1, 0.15) is 0 Å². The molecule has 1 aliphatic rings. The fourth-order valence-electron chi connectivity index (χ4n) is 2.80. The lowest BCUT2D eigenvalue weighted by Crippen LogP contribution is -2.41. The van der Waals surface area contributed by atoms with E-state index in [-0.39, 0.29) is 17.9 Å². The van der Waals surface area contributed by atoms with Crippen LogP contribution in [0.25, 0.3) is 0 Å². The van der Waals surface area contributed by atoms with Crippen LogP contribution in [0, 0.1) is 12.3 Å². The standard InChI is InChI=1S/C16H22BrNO2/c1-12-5-6-13(9-14(12)17)15(20)18-10-16(11-19)7-3-2-4-8-16/h5-6,9,19H,2-4,7-8,10-11H2,1H3,(H,18,20). The molecule has 0 saturated heterocycles. The lowest BCUT2D eigenvalue weighted by Gasteiger charge is -2.35. The van der Waals surface area contributed by atoms with Gasteiger partial charge >= 0.3 is 0 Å². The van der Waals surface area contributed by atoms with Gasteiger partial charge in [-0.05, 0) is 37.5 Å². The van der Waals surface area contributed by atoms with Crippen LogP contribution in [0.4, 0.5) is 0 Å². The summed E-state index contributed by atoms with van der Waals surface area (Å²) in [5.41, 5.74) is 1.66. The molecule has 2 rings (SSSR count). The van der Waals surface area contributed by atoms with Crippen molar-refractivity contribution in [1.29, 1.82) is 0 Å². The van der Waals surface area contributed by atoms with Crippen LogP contribution >= 0.6 is 15.9 Å². The Hall–Kier alpha value is -0.870. The molecule has 0 atom stereocenters. The molecule has 1 amide bonds. The summed E-state index contributed by atoms with van der Waals surface area (Å²) >= 11 is 3.45. The Morgan fingerprint density at radius 1 is 1.35 bits per heavy atom. The summed E-state index contributed by atoms with van der Waals surface area (Å²) in [4.78, 5) is 12.2. The van der Waals surface area contributed by atoms with Crippen LogP contribution in [0.5, 0.6) is 0 Å². The van der Waals surface area contributed by atoms with Gasteiger partial charge in [-0.25, -0.2) is 0 Å². The third-order valence-corrected chi connectivity index (χ3v) is 5.16. The van der Waals surface area contributed by atoms with Crippen molar-refractivity contribution >= 4 is 21.8 Å². The maximum Gasteiger partial charge on any atom is 0.251 e. The van der Waals surface area contributed by atoms with Crippen LogP contribution in [0.1, 0.15) is 48.0 Å². The molecule has 0 heterocycles. The van der Waals surface area contributed by atoms with Gasteiger partial charge in [0.15, 0.2) is 0 Å². The van der Waals surface area contributed by atoms with Gasteiger partial charge < -0.3 is 10.4 Å². The van der Waals surface area contributed by atoms with Crippen LogP contribution in [0.15, 0.2) is 22.7 Å². The van der Waals surface area contributed by atoms with E-state index in [1.54, 1.807) is 0 Å². The normalized spacial score (nSPS) is 17.8. The summed E-state index contributed by atoms with van der Waals surface area (Å²) in [7, 11) is 0. The fraction of sp³-hybridized carbons (Fsp3) is 0.562. The zero-order valence-electron chi connectivity index (χ0n) is 11.9. The molecule has 0 unspecified atom stereocenters. The maximum atomic E-state index is 12.2. The summed E-state index contributed by atoms with van der Waals surface area (Å²) in [6.07, 6.45) is 5.53. The predicted octanol–water partition coefficient (Wildman–Crippen LogP) is 3.43. The van der Waals surface area contributed by atoms with E-state index in [0.717, 1.165) is 35.7 Å². The Kier molecular flexibility index (Phi) is 5.22. The Morgan fingerprint density at radius 3 is 2.65 bits per heavy atom. The molecule has 0 aliphatic heterocycles. The average molecular weight is 340 g/mol. The first-order valence-corrected chi connectivity index (χ1v) is 8.01. The zero-order valence-corrected chi connectivity index (χ0v) is 13.5. The molecule has 20 heavy (non-hydrogen) atoms. The Balaban J connectivity index is 1.98. The van der Waals surface area contributed by atoms with E-state index in [9.17, 15) is 9.90 Å². The molecule has 110 valence electrons. The molecule has 4 heteroatoms. The van der Waals surface area contributed by atoms with Crippen molar-refractivity contribution < 1.29 is 9.90 Å². The number of halogens is 1. The Bertz CT molecular complexity index is 481. The second kappa shape index (κ2) is 6.72. The predicted molar refractivity (Wildman–Crippen MR) is 83.8 cm³/mol. The monoisotopic (exact) mass is 339 g/mol. The van der Waals surface area contributed by atoms with Gasteiger partial charge in [-0.15, -0.1) is 0 Å². The van der Waals surface area contributed by atoms with E-state index in [0.29, 0.717) is 12.1 Å². The fourth-order valence-corrected chi connectivity index (χ4v) is 3.18. The molecule has 1 saturated carbocycles. The van der Waals surface area contributed by atoms with E-state index < -0.39 is 0 Å². The van der Waals surface area contributed by atoms with Gasteiger partial charge in [-0.3, -0.25) is 4.79 Å². The van der Waals surface area contributed by atoms with Crippen LogP contribution < -0.4 is 5.32 Å². The largest absolute Gasteiger partial charge is 0.396 e. The molecule has 1 fully saturated rings. The lowest BCUT2D eigenvalue weighted by atomic mass is 9.74.